The summed E-state index contributed by atoms with van der Waals surface area (Å²) in [5.74, 6) is 1.11. The van der Waals surface area contributed by atoms with Crippen molar-refractivity contribution in [2.45, 2.75) is 12.8 Å². The molecule has 6 nitrogen and oxygen atoms in total. The number of likely N-dealkylation sites (tertiary alicyclic amines) is 1. The van der Waals surface area contributed by atoms with E-state index in [9.17, 15) is 14.4 Å². The van der Waals surface area contributed by atoms with Gasteiger partial charge in [0.05, 0.1) is 24.6 Å². The van der Waals surface area contributed by atoms with Crippen LogP contribution in [0.4, 0.5) is 5.69 Å². The Bertz CT molecular complexity index is 878. The standard InChI is InChI=1S/C21H21ClN2O4/c1-28-16-5-2-10(22)8-15(16)23-17(25)6-7-24-20(26)18-11-3-4-12(14-9-13(11)14)19(18)21(24)27/h2-5,8,11-14,18-19H,6-7,9H2,1H3,(H,23,25)/t11-,12-,13-,14-,18-,19+/m0/s1. The summed E-state index contributed by atoms with van der Waals surface area (Å²) in [4.78, 5) is 39.6. The van der Waals surface area contributed by atoms with E-state index in [1.807, 2.05) is 0 Å². The van der Waals surface area contributed by atoms with Crippen molar-refractivity contribution in [3.63, 3.8) is 0 Å². The molecule has 0 unspecified atom stereocenters. The molecule has 3 amide bonds. The highest BCUT2D eigenvalue weighted by Gasteiger charge is 2.66. The lowest BCUT2D eigenvalue weighted by atomic mass is 9.63. The second kappa shape index (κ2) is 6.34. The summed E-state index contributed by atoms with van der Waals surface area (Å²) in [5, 5.41) is 3.23. The summed E-state index contributed by atoms with van der Waals surface area (Å²) in [5.41, 5.74) is 0.468. The van der Waals surface area contributed by atoms with Gasteiger partial charge in [0.25, 0.3) is 0 Å². The quantitative estimate of drug-likeness (QED) is 0.609. The minimum atomic E-state index is -0.292. The highest BCUT2D eigenvalue weighted by molar-refractivity contribution is 6.31. The first-order chi connectivity index (χ1) is 13.5. The smallest absolute Gasteiger partial charge is 0.233 e. The van der Waals surface area contributed by atoms with Gasteiger partial charge in [0.15, 0.2) is 0 Å². The van der Waals surface area contributed by atoms with Gasteiger partial charge in [-0.25, -0.2) is 0 Å². The third-order valence-electron chi connectivity index (χ3n) is 6.75. The molecule has 2 saturated carbocycles. The van der Waals surface area contributed by atoms with Crippen LogP contribution in [0.1, 0.15) is 12.8 Å². The van der Waals surface area contributed by atoms with Crippen molar-refractivity contribution in [2.24, 2.45) is 35.5 Å². The summed E-state index contributed by atoms with van der Waals surface area (Å²) < 4.78 is 5.22. The second-order valence-electron chi connectivity index (χ2n) is 8.13. The topological polar surface area (TPSA) is 75.7 Å². The van der Waals surface area contributed by atoms with Crippen LogP contribution in [0.15, 0.2) is 30.4 Å². The maximum Gasteiger partial charge on any atom is 0.233 e. The molecule has 1 aliphatic heterocycles. The number of rotatable bonds is 5. The van der Waals surface area contributed by atoms with Crippen LogP contribution in [0.2, 0.25) is 5.02 Å². The molecule has 1 saturated heterocycles. The molecule has 7 heteroatoms. The van der Waals surface area contributed by atoms with Gasteiger partial charge in [0.2, 0.25) is 17.7 Å². The summed E-state index contributed by atoms with van der Waals surface area (Å²) >= 11 is 5.98. The number of anilines is 1. The largest absolute Gasteiger partial charge is 0.495 e. The Hall–Kier alpha value is -2.34. The SMILES string of the molecule is COc1ccc(Cl)cc1NC(=O)CCN1C(=O)[C@@H]2[C@H]3C=C[C@@H]([C@@H]4C[C@@H]34)[C@@H]2C1=O. The van der Waals surface area contributed by atoms with Gasteiger partial charge in [-0.15, -0.1) is 0 Å². The number of allylic oxidation sites excluding steroid dienone is 2. The van der Waals surface area contributed by atoms with Crippen molar-refractivity contribution >= 4 is 35.0 Å². The van der Waals surface area contributed by atoms with E-state index in [1.165, 1.54) is 12.0 Å². The van der Waals surface area contributed by atoms with Crippen LogP contribution in [-0.4, -0.2) is 36.3 Å². The van der Waals surface area contributed by atoms with Gasteiger partial charge in [0.1, 0.15) is 5.75 Å². The van der Waals surface area contributed by atoms with E-state index >= 15 is 0 Å². The van der Waals surface area contributed by atoms with Crippen molar-refractivity contribution in [1.29, 1.82) is 0 Å². The number of hydrogen-bond acceptors (Lipinski definition) is 4. The lowest BCUT2D eigenvalue weighted by Crippen LogP contribution is -2.40. The summed E-state index contributed by atoms with van der Waals surface area (Å²) in [7, 11) is 1.51. The molecule has 3 fully saturated rings. The van der Waals surface area contributed by atoms with Gasteiger partial charge in [-0.3, -0.25) is 19.3 Å². The molecule has 6 atom stereocenters. The number of halogens is 1. The van der Waals surface area contributed by atoms with Gasteiger partial charge < -0.3 is 10.1 Å². The Labute approximate surface area is 167 Å². The Morgan fingerprint density at radius 2 is 1.82 bits per heavy atom. The molecule has 1 aromatic rings. The molecule has 28 heavy (non-hydrogen) atoms. The normalized spacial score (nSPS) is 34.3. The molecular formula is C21H21ClN2O4. The molecule has 6 rings (SSSR count). The first-order valence-corrected chi connectivity index (χ1v) is 10.0. The highest BCUT2D eigenvalue weighted by Crippen LogP contribution is 2.65. The average molecular weight is 401 g/mol. The van der Waals surface area contributed by atoms with E-state index in [2.05, 4.69) is 17.5 Å². The number of carbonyl (C=O) groups is 3. The van der Waals surface area contributed by atoms with Gasteiger partial charge in [-0.05, 0) is 48.3 Å². The number of nitrogens with one attached hydrogen (secondary N) is 1. The van der Waals surface area contributed by atoms with E-state index in [0.717, 1.165) is 6.42 Å². The number of carbonyl (C=O) groups excluding carboxylic acids is 3. The van der Waals surface area contributed by atoms with Crippen LogP contribution < -0.4 is 10.1 Å². The molecule has 1 aromatic carbocycles. The van der Waals surface area contributed by atoms with Crippen molar-refractivity contribution in [1.82, 2.24) is 4.90 Å². The maximum atomic E-state index is 12.9. The van der Waals surface area contributed by atoms with E-state index < -0.39 is 0 Å². The first-order valence-electron chi connectivity index (χ1n) is 9.66. The minimum absolute atomic E-state index is 0.0439. The van der Waals surface area contributed by atoms with Crippen LogP contribution in [0.25, 0.3) is 0 Å². The van der Waals surface area contributed by atoms with E-state index in [1.54, 1.807) is 18.2 Å². The predicted molar refractivity (Wildman–Crippen MR) is 103 cm³/mol. The Balaban J connectivity index is 1.25. The fourth-order valence-corrected chi connectivity index (χ4v) is 5.62. The fourth-order valence-electron chi connectivity index (χ4n) is 5.44. The number of benzene rings is 1. The zero-order chi connectivity index (χ0) is 19.6. The fraction of sp³-hybridized carbons (Fsp3) is 0.476. The third-order valence-corrected chi connectivity index (χ3v) is 6.99. The maximum absolute atomic E-state index is 12.9. The second-order valence-corrected chi connectivity index (χ2v) is 8.56. The van der Waals surface area contributed by atoms with Crippen LogP contribution in [0, 0.1) is 35.5 Å². The lowest BCUT2D eigenvalue weighted by molar-refractivity contribution is -0.140. The molecule has 1 heterocycles. The molecular weight excluding hydrogens is 380 g/mol. The van der Waals surface area contributed by atoms with Crippen LogP contribution in [0.3, 0.4) is 0 Å². The average Bonchev–Trinajstić information content (AvgIpc) is 3.46. The Kier molecular flexibility index (Phi) is 4.02. The molecule has 5 aliphatic rings. The number of methoxy groups -OCH3 is 1. The van der Waals surface area contributed by atoms with Crippen molar-refractivity contribution in [3.8, 4) is 5.75 Å². The molecule has 2 bridgehead atoms. The molecule has 0 spiro atoms. The first kappa shape index (κ1) is 17.7. The lowest BCUT2D eigenvalue weighted by Gasteiger charge is -2.37. The minimum Gasteiger partial charge on any atom is -0.495 e. The van der Waals surface area contributed by atoms with E-state index in [4.69, 9.17) is 16.3 Å². The summed E-state index contributed by atoms with van der Waals surface area (Å²) in [6.45, 7) is 0.105. The monoisotopic (exact) mass is 400 g/mol. The van der Waals surface area contributed by atoms with Gasteiger partial charge in [-0.1, -0.05) is 23.8 Å². The molecule has 0 radical (unpaired) electrons. The van der Waals surface area contributed by atoms with E-state index in [-0.39, 0.29) is 54.4 Å². The highest BCUT2D eigenvalue weighted by atomic mass is 35.5. The number of ether oxygens (including phenoxy) is 1. The molecule has 1 N–H and O–H groups in total. The van der Waals surface area contributed by atoms with Crippen molar-refractivity contribution < 1.29 is 19.1 Å². The number of hydrogen-bond donors (Lipinski definition) is 1. The zero-order valence-corrected chi connectivity index (χ0v) is 16.2. The Morgan fingerprint density at radius 1 is 1.18 bits per heavy atom. The number of amides is 3. The van der Waals surface area contributed by atoms with Crippen LogP contribution in [0.5, 0.6) is 5.75 Å². The third kappa shape index (κ3) is 2.58. The summed E-state index contributed by atoms with van der Waals surface area (Å²) in [6.07, 6.45) is 5.47. The zero-order valence-electron chi connectivity index (χ0n) is 15.4. The van der Waals surface area contributed by atoms with Crippen LogP contribution in [-0.2, 0) is 14.4 Å². The molecule has 146 valence electrons. The summed E-state index contributed by atoms with van der Waals surface area (Å²) in [6, 6.07) is 4.95. The van der Waals surface area contributed by atoms with Crippen molar-refractivity contribution in [3.05, 3.63) is 35.4 Å². The number of imide groups is 1. The molecule has 0 aromatic heterocycles. The van der Waals surface area contributed by atoms with Crippen molar-refractivity contribution in [2.75, 3.05) is 19.0 Å². The Morgan fingerprint density at radius 3 is 2.43 bits per heavy atom. The van der Waals surface area contributed by atoms with Gasteiger partial charge in [-0.2, -0.15) is 0 Å². The molecule has 4 aliphatic carbocycles. The van der Waals surface area contributed by atoms with Gasteiger partial charge in [0, 0.05) is 18.0 Å². The van der Waals surface area contributed by atoms with E-state index in [0.29, 0.717) is 28.3 Å². The van der Waals surface area contributed by atoms with Crippen LogP contribution >= 0.6 is 11.6 Å². The number of nitrogens with zero attached hydrogens (tertiary/aromatic N) is 1. The van der Waals surface area contributed by atoms with Gasteiger partial charge >= 0.3 is 0 Å². The predicted octanol–water partition coefficient (Wildman–Crippen LogP) is 2.73.